The number of furan rings is 1. The molecule has 1 aliphatic rings. The maximum absolute atomic E-state index is 13.0. The number of aryl methyl sites for hydroxylation is 1. The molecule has 0 bridgehead atoms. The fourth-order valence-electron chi connectivity index (χ4n) is 3.00. The van der Waals surface area contributed by atoms with Crippen LogP contribution in [-0.4, -0.2) is 49.4 Å². The molecule has 0 unspecified atom stereocenters. The number of sulfonamides is 1. The van der Waals surface area contributed by atoms with Gasteiger partial charge >= 0.3 is 0 Å². The zero-order valence-corrected chi connectivity index (χ0v) is 15.1. The third kappa shape index (κ3) is 3.77. The molecule has 2 heterocycles. The monoisotopic (exact) mass is 342 g/mol. The zero-order chi connectivity index (χ0) is 17.2. The summed E-state index contributed by atoms with van der Waals surface area (Å²) in [5.41, 5.74) is 0. The lowest BCUT2D eigenvalue weighted by Crippen LogP contribution is -2.46. The molecule has 0 spiro atoms. The molecule has 1 aromatic rings. The van der Waals surface area contributed by atoms with Gasteiger partial charge in [0.25, 0.3) is 0 Å². The van der Waals surface area contributed by atoms with Gasteiger partial charge in [0.1, 0.15) is 11.5 Å². The summed E-state index contributed by atoms with van der Waals surface area (Å²) in [6.45, 7) is 3.74. The van der Waals surface area contributed by atoms with Crippen LogP contribution in [0.3, 0.4) is 0 Å². The van der Waals surface area contributed by atoms with Crippen LogP contribution in [0.25, 0.3) is 0 Å². The fourth-order valence-corrected chi connectivity index (χ4v) is 4.82. The lowest BCUT2D eigenvalue weighted by Gasteiger charge is -2.30. The van der Waals surface area contributed by atoms with Gasteiger partial charge in [0.15, 0.2) is 5.25 Å². The van der Waals surface area contributed by atoms with Gasteiger partial charge in [0.05, 0.1) is 6.04 Å². The summed E-state index contributed by atoms with van der Waals surface area (Å²) in [5.74, 6) is 1.03. The van der Waals surface area contributed by atoms with E-state index in [-0.39, 0.29) is 6.04 Å². The van der Waals surface area contributed by atoms with Gasteiger partial charge in [-0.25, -0.2) is 8.42 Å². The fraction of sp³-hybridized carbons (Fsp3) is 0.688. The number of hydrogen-bond acceptors (Lipinski definition) is 4. The SMILES string of the molecule is Cc1ccc([C@@H]2CCCCCN2S(=O)(=O)[C@H](C)C(=O)N(C)C)o1. The van der Waals surface area contributed by atoms with Gasteiger partial charge in [-0.2, -0.15) is 4.31 Å². The van der Waals surface area contributed by atoms with Gasteiger partial charge in [-0.1, -0.05) is 12.8 Å². The van der Waals surface area contributed by atoms with Crippen molar-refractivity contribution < 1.29 is 17.6 Å². The number of amides is 1. The molecule has 1 aromatic heterocycles. The Morgan fingerprint density at radius 3 is 2.57 bits per heavy atom. The maximum Gasteiger partial charge on any atom is 0.241 e. The Balaban J connectivity index is 2.36. The van der Waals surface area contributed by atoms with Crippen molar-refractivity contribution in [2.24, 2.45) is 0 Å². The summed E-state index contributed by atoms with van der Waals surface area (Å²) in [6.07, 6.45) is 3.46. The van der Waals surface area contributed by atoms with Gasteiger partial charge in [-0.05, 0) is 38.8 Å². The van der Waals surface area contributed by atoms with Crippen molar-refractivity contribution in [3.05, 3.63) is 23.7 Å². The van der Waals surface area contributed by atoms with Crippen LogP contribution < -0.4 is 0 Å². The predicted octanol–water partition coefficient (Wildman–Crippen LogP) is 2.31. The van der Waals surface area contributed by atoms with E-state index in [0.29, 0.717) is 12.3 Å². The molecule has 130 valence electrons. The molecule has 0 N–H and O–H groups in total. The predicted molar refractivity (Wildman–Crippen MR) is 88.4 cm³/mol. The molecule has 1 fully saturated rings. The molecular formula is C16H26N2O4S. The molecule has 0 aromatic carbocycles. The van der Waals surface area contributed by atoms with Crippen LogP contribution >= 0.6 is 0 Å². The van der Waals surface area contributed by atoms with Crippen LogP contribution in [-0.2, 0) is 14.8 Å². The van der Waals surface area contributed by atoms with Crippen molar-refractivity contribution >= 4 is 15.9 Å². The molecule has 1 saturated heterocycles. The zero-order valence-electron chi connectivity index (χ0n) is 14.3. The lowest BCUT2D eigenvalue weighted by molar-refractivity contribution is -0.128. The minimum Gasteiger partial charge on any atom is -0.465 e. The Kier molecular flexibility index (Phi) is 5.52. The van der Waals surface area contributed by atoms with Crippen molar-refractivity contribution in [1.29, 1.82) is 0 Å². The highest BCUT2D eigenvalue weighted by atomic mass is 32.2. The average Bonchev–Trinajstić information content (AvgIpc) is 2.77. The second-order valence-electron chi connectivity index (χ2n) is 6.34. The normalized spacial score (nSPS) is 21.7. The van der Waals surface area contributed by atoms with E-state index in [9.17, 15) is 13.2 Å². The molecule has 0 saturated carbocycles. The molecule has 1 amide bonds. The van der Waals surface area contributed by atoms with Crippen LogP contribution in [0.1, 0.15) is 50.2 Å². The lowest BCUT2D eigenvalue weighted by atomic mass is 10.1. The van der Waals surface area contributed by atoms with E-state index in [1.54, 1.807) is 14.1 Å². The number of nitrogens with zero attached hydrogens (tertiary/aromatic N) is 2. The Labute approximate surface area is 138 Å². The van der Waals surface area contributed by atoms with Gasteiger partial charge in [-0.15, -0.1) is 0 Å². The van der Waals surface area contributed by atoms with Crippen molar-refractivity contribution in [2.75, 3.05) is 20.6 Å². The first kappa shape index (κ1) is 18.0. The van der Waals surface area contributed by atoms with E-state index in [1.165, 1.54) is 16.1 Å². The molecule has 2 atom stereocenters. The smallest absolute Gasteiger partial charge is 0.241 e. The summed E-state index contributed by atoms with van der Waals surface area (Å²) in [4.78, 5) is 13.5. The van der Waals surface area contributed by atoms with Gasteiger partial charge in [-0.3, -0.25) is 4.79 Å². The second-order valence-corrected chi connectivity index (χ2v) is 8.55. The van der Waals surface area contributed by atoms with E-state index < -0.39 is 21.2 Å². The number of carbonyl (C=O) groups is 1. The Morgan fingerprint density at radius 2 is 2.00 bits per heavy atom. The number of hydrogen-bond donors (Lipinski definition) is 0. The Hall–Kier alpha value is -1.34. The van der Waals surface area contributed by atoms with Crippen molar-refractivity contribution in [1.82, 2.24) is 9.21 Å². The van der Waals surface area contributed by atoms with Gasteiger partial charge in [0, 0.05) is 20.6 Å². The first-order valence-electron chi connectivity index (χ1n) is 8.03. The van der Waals surface area contributed by atoms with Gasteiger partial charge in [0.2, 0.25) is 15.9 Å². The molecule has 1 aliphatic heterocycles. The molecule has 2 rings (SSSR count). The average molecular weight is 342 g/mol. The summed E-state index contributed by atoms with van der Waals surface area (Å²) < 4.78 is 33.2. The Morgan fingerprint density at radius 1 is 1.30 bits per heavy atom. The summed E-state index contributed by atoms with van der Waals surface area (Å²) in [5, 5.41) is -1.09. The van der Waals surface area contributed by atoms with Crippen LogP contribution in [0, 0.1) is 6.92 Å². The van der Waals surface area contributed by atoms with Crippen molar-refractivity contribution in [2.45, 2.75) is 50.8 Å². The van der Waals surface area contributed by atoms with E-state index in [4.69, 9.17) is 4.42 Å². The van der Waals surface area contributed by atoms with E-state index in [0.717, 1.165) is 31.4 Å². The van der Waals surface area contributed by atoms with Crippen molar-refractivity contribution in [3.63, 3.8) is 0 Å². The first-order valence-corrected chi connectivity index (χ1v) is 9.53. The molecule has 0 radical (unpaired) electrons. The van der Waals surface area contributed by atoms with Crippen LogP contribution in [0.2, 0.25) is 0 Å². The highest BCUT2D eigenvalue weighted by Gasteiger charge is 2.40. The maximum atomic E-state index is 13.0. The minimum atomic E-state index is -3.74. The quantitative estimate of drug-likeness (QED) is 0.842. The second kappa shape index (κ2) is 7.05. The third-order valence-electron chi connectivity index (χ3n) is 4.36. The summed E-state index contributed by atoms with van der Waals surface area (Å²) >= 11 is 0. The van der Waals surface area contributed by atoms with E-state index >= 15 is 0 Å². The largest absolute Gasteiger partial charge is 0.465 e. The standard InChI is InChI=1S/C16H26N2O4S/c1-12-9-10-15(22-12)14-8-6-5-7-11-18(14)23(20,21)13(2)16(19)17(3)4/h9-10,13-14H,5-8,11H2,1-4H3/t13-,14+/m1/s1. The van der Waals surface area contributed by atoms with Crippen LogP contribution in [0.5, 0.6) is 0 Å². The highest BCUT2D eigenvalue weighted by molar-refractivity contribution is 7.90. The van der Waals surface area contributed by atoms with Crippen molar-refractivity contribution in [3.8, 4) is 0 Å². The molecule has 6 nitrogen and oxygen atoms in total. The number of rotatable bonds is 4. The molecular weight excluding hydrogens is 316 g/mol. The minimum absolute atomic E-state index is 0.325. The van der Waals surface area contributed by atoms with E-state index in [1.807, 2.05) is 19.1 Å². The molecule has 0 aliphatic carbocycles. The van der Waals surface area contributed by atoms with E-state index in [2.05, 4.69) is 0 Å². The first-order chi connectivity index (χ1) is 10.7. The number of carbonyl (C=O) groups excluding carboxylic acids is 1. The Bertz CT molecular complexity index is 651. The van der Waals surface area contributed by atoms with Crippen LogP contribution in [0.15, 0.2) is 16.5 Å². The summed E-state index contributed by atoms with van der Waals surface area (Å²) in [6, 6.07) is 3.36. The summed E-state index contributed by atoms with van der Waals surface area (Å²) in [7, 11) is -0.588. The molecule has 23 heavy (non-hydrogen) atoms. The van der Waals surface area contributed by atoms with Gasteiger partial charge < -0.3 is 9.32 Å². The molecule has 7 heteroatoms. The highest BCUT2D eigenvalue weighted by Crippen LogP contribution is 2.34. The third-order valence-corrected chi connectivity index (χ3v) is 6.54. The topological polar surface area (TPSA) is 70.8 Å². The van der Waals surface area contributed by atoms with Crippen LogP contribution in [0.4, 0.5) is 0 Å².